The number of carbonyl (C=O) groups is 1. The van der Waals surface area contributed by atoms with Crippen LogP contribution >= 0.6 is 11.6 Å². The van der Waals surface area contributed by atoms with Gasteiger partial charge in [0.2, 0.25) is 0 Å². The van der Waals surface area contributed by atoms with Gasteiger partial charge in [-0.1, -0.05) is 23.7 Å². The summed E-state index contributed by atoms with van der Waals surface area (Å²) in [6, 6.07) is 18.0. The fourth-order valence-corrected chi connectivity index (χ4v) is 4.39. The van der Waals surface area contributed by atoms with Crippen LogP contribution in [0.5, 0.6) is 0 Å². The molecule has 1 saturated heterocycles. The lowest BCUT2D eigenvalue weighted by Gasteiger charge is -2.38. The Morgan fingerprint density at radius 3 is 2.65 bits per heavy atom. The second-order valence-corrected chi connectivity index (χ2v) is 9.01. The standard InChI is InChI=1S/C27H25ClN2O4/c28-21-6-8-22(9-7-21)29-26(31)25-18-19-17-20(5-10-24(19)34-25)27(32)11-14-30(15-12-27)13-1-3-23-4-2-16-33-23/h1-10,16-18,32H,11-15H2,(H,29,31)/b3-1+. The Kier molecular flexibility index (Phi) is 6.28. The summed E-state index contributed by atoms with van der Waals surface area (Å²) in [6.45, 7) is 2.39. The summed E-state index contributed by atoms with van der Waals surface area (Å²) in [5, 5.41) is 15.5. The van der Waals surface area contributed by atoms with Crippen molar-refractivity contribution in [2.24, 2.45) is 0 Å². The van der Waals surface area contributed by atoms with Gasteiger partial charge < -0.3 is 19.3 Å². The second kappa shape index (κ2) is 9.50. The van der Waals surface area contributed by atoms with E-state index < -0.39 is 5.60 Å². The second-order valence-electron chi connectivity index (χ2n) is 8.57. The summed E-state index contributed by atoms with van der Waals surface area (Å²) < 4.78 is 11.1. The van der Waals surface area contributed by atoms with Gasteiger partial charge in [0.25, 0.3) is 5.91 Å². The molecule has 2 aromatic carbocycles. The largest absolute Gasteiger partial charge is 0.465 e. The van der Waals surface area contributed by atoms with Crippen molar-refractivity contribution in [3.63, 3.8) is 0 Å². The number of anilines is 1. The summed E-state index contributed by atoms with van der Waals surface area (Å²) in [4.78, 5) is 14.9. The quantitative estimate of drug-likeness (QED) is 0.360. The molecule has 0 bridgehead atoms. The highest BCUT2D eigenvalue weighted by atomic mass is 35.5. The van der Waals surface area contributed by atoms with Crippen molar-refractivity contribution in [2.75, 3.05) is 25.0 Å². The highest BCUT2D eigenvalue weighted by Crippen LogP contribution is 2.35. The molecule has 1 aliphatic heterocycles. The Bertz CT molecular complexity index is 1300. The average molecular weight is 477 g/mol. The molecule has 34 heavy (non-hydrogen) atoms. The highest BCUT2D eigenvalue weighted by molar-refractivity contribution is 6.30. The van der Waals surface area contributed by atoms with Crippen LogP contribution in [0.25, 0.3) is 17.0 Å². The van der Waals surface area contributed by atoms with Crippen LogP contribution in [-0.4, -0.2) is 35.5 Å². The van der Waals surface area contributed by atoms with Gasteiger partial charge in [-0.25, -0.2) is 0 Å². The van der Waals surface area contributed by atoms with Crippen molar-refractivity contribution in [1.29, 1.82) is 0 Å². The number of likely N-dealkylation sites (tertiary alicyclic amines) is 1. The first kappa shape index (κ1) is 22.5. The van der Waals surface area contributed by atoms with Crippen molar-refractivity contribution in [2.45, 2.75) is 18.4 Å². The predicted molar refractivity (Wildman–Crippen MR) is 133 cm³/mol. The summed E-state index contributed by atoms with van der Waals surface area (Å²) >= 11 is 5.90. The normalized spacial score (nSPS) is 16.3. The van der Waals surface area contributed by atoms with Gasteiger partial charge in [-0.2, -0.15) is 0 Å². The lowest BCUT2D eigenvalue weighted by molar-refractivity contribution is -0.0232. The molecule has 3 heterocycles. The van der Waals surface area contributed by atoms with E-state index in [1.807, 2.05) is 36.4 Å². The van der Waals surface area contributed by atoms with E-state index in [0.717, 1.165) is 36.3 Å². The van der Waals surface area contributed by atoms with E-state index in [1.54, 1.807) is 36.6 Å². The summed E-state index contributed by atoms with van der Waals surface area (Å²) in [5.74, 6) is 0.713. The van der Waals surface area contributed by atoms with E-state index in [4.69, 9.17) is 20.4 Å². The molecule has 0 aliphatic carbocycles. The number of nitrogens with one attached hydrogen (secondary N) is 1. The third kappa shape index (κ3) is 4.94. The molecule has 0 saturated carbocycles. The van der Waals surface area contributed by atoms with Crippen LogP contribution in [0.3, 0.4) is 0 Å². The monoisotopic (exact) mass is 476 g/mol. The Balaban J connectivity index is 1.24. The van der Waals surface area contributed by atoms with Crippen LogP contribution in [0.4, 0.5) is 5.69 Å². The van der Waals surface area contributed by atoms with Gasteiger partial charge in [0.05, 0.1) is 11.9 Å². The number of fused-ring (bicyclic) bond motifs is 1. The Morgan fingerprint density at radius 2 is 1.91 bits per heavy atom. The van der Waals surface area contributed by atoms with Gasteiger partial charge in [-0.05, 0) is 79.1 Å². The molecule has 1 fully saturated rings. The van der Waals surface area contributed by atoms with E-state index in [9.17, 15) is 9.90 Å². The van der Waals surface area contributed by atoms with E-state index in [1.165, 1.54) is 0 Å². The molecule has 0 spiro atoms. The van der Waals surface area contributed by atoms with Gasteiger partial charge in [0.1, 0.15) is 11.3 Å². The van der Waals surface area contributed by atoms with Crippen molar-refractivity contribution in [1.82, 2.24) is 4.90 Å². The van der Waals surface area contributed by atoms with Crippen molar-refractivity contribution >= 4 is 40.2 Å². The first-order valence-electron chi connectivity index (χ1n) is 11.2. The van der Waals surface area contributed by atoms with Gasteiger partial charge in [0.15, 0.2) is 5.76 Å². The van der Waals surface area contributed by atoms with E-state index >= 15 is 0 Å². The number of rotatable bonds is 6. The number of piperidine rings is 1. The number of furan rings is 2. The zero-order valence-corrected chi connectivity index (χ0v) is 19.3. The van der Waals surface area contributed by atoms with E-state index in [2.05, 4.69) is 16.3 Å². The number of amides is 1. The molecular weight excluding hydrogens is 452 g/mol. The molecular formula is C27H25ClN2O4. The molecule has 0 radical (unpaired) electrons. The van der Waals surface area contributed by atoms with Crippen LogP contribution in [0, 0.1) is 0 Å². The van der Waals surface area contributed by atoms with Crippen molar-refractivity contribution < 1.29 is 18.7 Å². The lowest BCUT2D eigenvalue weighted by Crippen LogP contribution is -2.42. The molecule has 6 nitrogen and oxygen atoms in total. The number of nitrogens with zero attached hydrogens (tertiary/aromatic N) is 1. The molecule has 1 aliphatic rings. The van der Waals surface area contributed by atoms with Crippen molar-refractivity contribution in [3.8, 4) is 0 Å². The van der Waals surface area contributed by atoms with E-state index in [0.29, 0.717) is 29.1 Å². The molecule has 7 heteroatoms. The van der Waals surface area contributed by atoms with Gasteiger partial charge in [-0.15, -0.1) is 0 Å². The number of aliphatic hydroxyl groups is 1. The minimum atomic E-state index is -0.904. The predicted octanol–water partition coefficient (Wildman–Crippen LogP) is 5.93. The van der Waals surface area contributed by atoms with Gasteiger partial charge in [0, 0.05) is 35.7 Å². The maximum Gasteiger partial charge on any atom is 0.291 e. The topological polar surface area (TPSA) is 78.9 Å². The molecule has 5 rings (SSSR count). The minimum absolute atomic E-state index is 0.215. The molecule has 4 aromatic rings. The third-order valence-corrected chi connectivity index (χ3v) is 6.50. The number of benzene rings is 2. The molecule has 2 aromatic heterocycles. The highest BCUT2D eigenvalue weighted by Gasteiger charge is 2.34. The van der Waals surface area contributed by atoms with Gasteiger partial charge >= 0.3 is 0 Å². The molecule has 1 amide bonds. The zero-order chi connectivity index (χ0) is 23.5. The Labute approximate surface area is 202 Å². The number of carbonyl (C=O) groups excluding carboxylic acids is 1. The average Bonchev–Trinajstić information content (AvgIpc) is 3.51. The first-order valence-corrected chi connectivity index (χ1v) is 11.6. The smallest absolute Gasteiger partial charge is 0.291 e. The van der Waals surface area contributed by atoms with Crippen LogP contribution in [0.1, 0.15) is 34.7 Å². The third-order valence-electron chi connectivity index (χ3n) is 6.25. The minimum Gasteiger partial charge on any atom is -0.465 e. The summed E-state index contributed by atoms with van der Waals surface area (Å²) in [5.41, 5.74) is 1.18. The van der Waals surface area contributed by atoms with Crippen LogP contribution in [0.15, 0.2) is 81.8 Å². The van der Waals surface area contributed by atoms with E-state index in [-0.39, 0.29) is 11.7 Å². The number of halogens is 1. The van der Waals surface area contributed by atoms with Gasteiger partial charge in [-0.3, -0.25) is 9.69 Å². The maximum atomic E-state index is 12.6. The molecule has 0 atom stereocenters. The molecule has 2 N–H and O–H groups in total. The molecule has 0 unspecified atom stereocenters. The van der Waals surface area contributed by atoms with Crippen LogP contribution in [0.2, 0.25) is 5.02 Å². The summed E-state index contributed by atoms with van der Waals surface area (Å²) in [7, 11) is 0. The Hall–Kier alpha value is -3.32. The maximum absolute atomic E-state index is 12.6. The summed E-state index contributed by atoms with van der Waals surface area (Å²) in [6.07, 6.45) is 6.97. The first-order chi connectivity index (χ1) is 16.5. The van der Waals surface area contributed by atoms with Crippen LogP contribution in [-0.2, 0) is 5.60 Å². The van der Waals surface area contributed by atoms with Crippen molar-refractivity contribution in [3.05, 3.63) is 95.1 Å². The Morgan fingerprint density at radius 1 is 1.12 bits per heavy atom. The zero-order valence-electron chi connectivity index (χ0n) is 18.5. The van der Waals surface area contributed by atoms with Crippen LogP contribution < -0.4 is 5.32 Å². The number of hydrogen-bond donors (Lipinski definition) is 2. The SMILES string of the molecule is O=C(Nc1ccc(Cl)cc1)c1cc2cc(C3(O)CCN(C/C=C/c4ccco4)CC3)ccc2o1. The lowest BCUT2D eigenvalue weighted by atomic mass is 9.84. The number of hydrogen-bond acceptors (Lipinski definition) is 5. The fourth-order valence-electron chi connectivity index (χ4n) is 4.27. The molecule has 174 valence electrons. The fraction of sp³-hybridized carbons (Fsp3) is 0.222.